The van der Waals surface area contributed by atoms with Gasteiger partial charge in [0.1, 0.15) is 11.6 Å². The second-order valence-electron chi connectivity index (χ2n) is 4.66. The fourth-order valence-electron chi connectivity index (χ4n) is 1.95. The van der Waals surface area contributed by atoms with Gasteiger partial charge in [0.15, 0.2) is 0 Å². The number of rotatable bonds is 8. The van der Waals surface area contributed by atoms with Gasteiger partial charge in [0.2, 0.25) is 0 Å². The summed E-state index contributed by atoms with van der Waals surface area (Å²) >= 11 is 0. The highest BCUT2D eigenvalue weighted by atomic mass is 19.1. The quantitative estimate of drug-likeness (QED) is 0.754. The Morgan fingerprint density at radius 3 is 2.90 bits per heavy atom. The van der Waals surface area contributed by atoms with Crippen LogP contribution in [-0.4, -0.2) is 36.9 Å². The average molecular weight is 293 g/mol. The van der Waals surface area contributed by atoms with Crippen LogP contribution < -0.4 is 10.1 Å². The summed E-state index contributed by atoms with van der Waals surface area (Å²) in [6.07, 6.45) is 3.61. The highest BCUT2D eigenvalue weighted by Gasteiger charge is 2.06. The molecule has 2 aromatic rings. The highest BCUT2D eigenvalue weighted by Crippen LogP contribution is 2.17. The van der Waals surface area contributed by atoms with E-state index in [4.69, 9.17) is 9.47 Å². The van der Waals surface area contributed by atoms with E-state index < -0.39 is 0 Å². The zero-order chi connectivity index (χ0) is 15.1. The molecule has 0 aliphatic heterocycles. The van der Waals surface area contributed by atoms with Crippen molar-refractivity contribution in [1.29, 1.82) is 0 Å². The van der Waals surface area contributed by atoms with Gasteiger partial charge in [-0.15, -0.1) is 0 Å². The summed E-state index contributed by atoms with van der Waals surface area (Å²) in [6.45, 7) is 2.55. The van der Waals surface area contributed by atoms with E-state index in [0.717, 1.165) is 12.2 Å². The van der Waals surface area contributed by atoms with Gasteiger partial charge >= 0.3 is 0 Å². The molecule has 0 atom stereocenters. The Bertz CT molecular complexity index is 572. The molecule has 5 nitrogen and oxygen atoms in total. The molecule has 0 aliphatic carbocycles. The number of imidazole rings is 1. The SMILES string of the molecule is COCCNCc1cn(Cc2ccc(OC)cc2F)cn1. The van der Waals surface area contributed by atoms with Crippen molar-refractivity contribution in [1.82, 2.24) is 14.9 Å². The first kappa shape index (κ1) is 15.5. The van der Waals surface area contributed by atoms with Gasteiger partial charge in [0.05, 0.1) is 32.3 Å². The molecule has 6 heteroatoms. The van der Waals surface area contributed by atoms with Gasteiger partial charge in [-0.3, -0.25) is 0 Å². The molecule has 0 unspecified atom stereocenters. The van der Waals surface area contributed by atoms with Gasteiger partial charge in [-0.2, -0.15) is 0 Å². The molecule has 114 valence electrons. The maximum absolute atomic E-state index is 13.9. The minimum Gasteiger partial charge on any atom is -0.497 e. The number of hydrogen-bond donors (Lipinski definition) is 1. The van der Waals surface area contributed by atoms with Gasteiger partial charge in [-0.1, -0.05) is 6.07 Å². The third kappa shape index (κ3) is 4.54. The van der Waals surface area contributed by atoms with Crippen LogP contribution >= 0.6 is 0 Å². The van der Waals surface area contributed by atoms with E-state index in [1.54, 1.807) is 25.6 Å². The molecular formula is C15H20FN3O2. The monoisotopic (exact) mass is 293 g/mol. The van der Waals surface area contributed by atoms with E-state index in [2.05, 4.69) is 10.3 Å². The van der Waals surface area contributed by atoms with Gasteiger partial charge in [0.25, 0.3) is 0 Å². The Balaban J connectivity index is 1.93. The zero-order valence-corrected chi connectivity index (χ0v) is 12.3. The molecule has 0 spiro atoms. The van der Waals surface area contributed by atoms with Crippen molar-refractivity contribution in [3.8, 4) is 5.75 Å². The maximum Gasteiger partial charge on any atom is 0.131 e. The van der Waals surface area contributed by atoms with Crippen molar-refractivity contribution < 1.29 is 13.9 Å². The zero-order valence-electron chi connectivity index (χ0n) is 12.3. The number of ether oxygens (including phenoxy) is 2. The summed E-state index contributed by atoms with van der Waals surface area (Å²) in [4.78, 5) is 4.29. The molecular weight excluding hydrogens is 273 g/mol. The van der Waals surface area contributed by atoms with E-state index in [1.807, 2.05) is 10.8 Å². The molecule has 0 amide bonds. The van der Waals surface area contributed by atoms with Crippen LogP contribution in [0, 0.1) is 5.82 Å². The van der Waals surface area contributed by atoms with E-state index in [9.17, 15) is 4.39 Å². The fourth-order valence-corrected chi connectivity index (χ4v) is 1.95. The number of nitrogens with one attached hydrogen (secondary N) is 1. The Morgan fingerprint density at radius 1 is 1.33 bits per heavy atom. The molecule has 1 aromatic carbocycles. The number of benzene rings is 1. The first-order valence-electron chi connectivity index (χ1n) is 6.75. The van der Waals surface area contributed by atoms with Crippen LogP contribution in [0.4, 0.5) is 4.39 Å². The maximum atomic E-state index is 13.9. The summed E-state index contributed by atoms with van der Waals surface area (Å²) in [5.41, 5.74) is 1.52. The van der Waals surface area contributed by atoms with Crippen molar-refractivity contribution in [2.45, 2.75) is 13.1 Å². The minimum absolute atomic E-state index is 0.275. The summed E-state index contributed by atoms with van der Waals surface area (Å²) in [7, 11) is 3.19. The van der Waals surface area contributed by atoms with Gasteiger partial charge in [-0.25, -0.2) is 9.37 Å². The third-order valence-corrected chi connectivity index (χ3v) is 3.09. The number of nitrogens with zero attached hydrogens (tertiary/aromatic N) is 2. The van der Waals surface area contributed by atoms with Crippen molar-refractivity contribution in [3.63, 3.8) is 0 Å². The van der Waals surface area contributed by atoms with E-state index in [1.165, 1.54) is 13.2 Å². The fraction of sp³-hybridized carbons (Fsp3) is 0.400. The van der Waals surface area contributed by atoms with Crippen molar-refractivity contribution in [2.75, 3.05) is 27.4 Å². The van der Waals surface area contributed by atoms with E-state index in [-0.39, 0.29) is 5.82 Å². The first-order chi connectivity index (χ1) is 10.2. The molecule has 0 fully saturated rings. The summed E-state index contributed by atoms with van der Waals surface area (Å²) in [5.74, 6) is 0.243. The van der Waals surface area contributed by atoms with Crippen molar-refractivity contribution in [2.24, 2.45) is 0 Å². The van der Waals surface area contributed by atoms with Crippen molar-refractivity contribution in [3.05, 3.63) is 47.8 Å². The topological polar surface area (TPSA) is 48.3 Å². The molecule has 1 N–H and O–H groups in total. The predicted octanol–water partition coefficient (Wildman–Crippen LogP) is 1.82. The molecule has 1 heterocycles. The van der Waals surface area contributed by atoms with E-state index >= 15 is 0 Å². The normalized spacial score (nSPS) is 10.8. The Hall–Kier alpha value is -1.92. The smallest absolute Gasteiger partial charge is 0.131 e. The molecule has 0 saturated carbocycles. The summed E-state index contributed by atoms with van der Waals surface area (Å²) in [5, 5.41) is 3.21. The van der Waals surface area contributed by atoms with Gasteiger partial charge < -0.3 is 19.4 Å². The second-order valence-corrected chi connectivity index (χ2v) is 4.66. The number of hydrogen-bond acceptors (Lipinski definition) is 4. The first-order valence-corrected chi connectivity index (χ1v) is 6.75. The molecule has 0 saturated heterocycles. The number of aromatic nitrogens is 2. The third-order valence-electron chi connectivity index (χ3n) is 3.09. The Morgan fingerprint density at radius 2 is 2.19 bits per heavy atom. The van der Waals surface area contributed by atoms with Crippen LogP contribution in [0.2, 0.25) is 0 Å². The van der Waals surface area contributed by atoms with Crippen LogP contribution in [0.1, 0.15) is 11.3 Å². The predicted molar refractivity (Wildman–Crippen MR) is 77.9 cm³/mol. The molecule has 0 aliphatic rings. The lowest BCUT2D eigenvalue weighted by Gasteiger charge is -2.06. The Kier molecular flexibility index (Phi) is 5.71. The largest absolute Gasteiger partial charge is 0.497 e. The van der Waals surface area contributed by atoms with Crippen LogP contribution in [0.25, 0.3) is 0 Å². The van der Waals surface area contributed by atoms with Crippen LogP contribution in [0.15, 0.2) is 30.7 Å². The summed E-state index contributed by atoms with van der Waals surface area (Å²) in [6, 6.07) is 4.87. The van der Waals surface area contributed by atoms with E-state index in [0.29, 0.717) is 31.0 Å². The van der Waals surface area contributed by atoms with Crippen LogP contribution in [0.3, 0.4) is 0 Å². The highest BCUT2D eigenvalue weighted by molar-refractivity contribution is 5.29. The average Bonchev–Trinajstić information content (AvgIpc) is 2.93. The molecule has 0 radical (unpaired) electrons. The standard InChI is InChI=1S/C15H20FN3O2/c1-20-6-5-17-8-13-10-19(11-18-13)9-12-3-4-14(21-2)7-15(12)16/h3-4,7,10-11,17H,5-6,8-9H2,1-2H3. The Labute approximate surface area is 123 Å². The van der Waals surface area contributed by atoms with Crippen LogP contribution in [-0.2, 0) is 17.8 Å². The van der Waals surface area contributed by atoms with Crippen LogP contribution in [0.5, 0.6) is 5.75 Å². The second kappa shape index (κ2) is 7.75. The lowest BCUT2D eigenvalue weighted by atomic mass is 10.2. The lowest BCUT2D eigenvalue weighted by Crippen LogP contribution is -2.18. The molecule has 1 aromatic heterocycles. The number of methoxy groups -OCH3 is 2. The van der Waals surface area contributed by atoms with Crippen molar-refractivity contribution >= 4 is 0 Å². The van der Waals surface area contributed by atoms with Gasteiger partial charge in [0, 0.05) is 38.0 Å². The minimum atomic E-state index is -0.275. The summed E-state index contributed by atoms with van der Waals surface area (Å²) < 4.78 is 25.7. The number of halogens is 1. The van der Waals surface area contributed by atoms with Gasteiger partial charge in [-0.05, 0) is 6.07 Å². The molecule has 21 heavy (non-hydrogen) atoms. The lowest BCUT2D eigenvalue weighted by molar-refractivity contribution is 0.199. The molecule has 0 bridgehead atoms. The molecule has 2 rings (SSSR count).